The Morgan fingerprint density at radius 2 is 0.434 bits per heavy atom. The maximum absolute atomic E-state index is 13.2. The largest absolute Gasteiger partial charge is 0.472 e. The summed E-state index contributed by atoms with van der Waals surface area (Å²) < 4.78 is 68.9. The lowest BCUT2D eigenvalue weighted by atomic mass is 10.0. The van der Waals surface area contributed by atoms with Crippen molar-refractivity contribution in [3.8, 4) is 0 Å². The molecule has 19 heteroatoms. The van der Waals surface area contributed by atoms with Gasteiger partial charge in [-0.3, -0.25) is 37.3 Å². The minimum atomic E-state index is -4.97. The van der Waals surface area contributed by atoms with Crippen LogP contribution in [0.4, 0.5) is 0 Å². The monoisotopic (exact) mass is 1550 g/mol. The molecule has 630 valence electrons. The highest BCUT2D eigenvalue weighted by Gasteiger charge is 2.30. The second-order valence-electron chi connectivity index (χ2n) is 31.8. The van der Waals surface area contributed by atoms with Gasteiger partial charge in [0.15, 0.2) is 12.2 Å². The van der Waals surface area contributed by atoms with Gasteiger partial charge in [0.05, 0.1) is 26.4 Å². The number of carbonyl (C=O) groups excluding carboxylic acids is 4. The Labute approximate surface area is 651 Å². The zero-order chi connectivity index (χ0) is 77.6. The first-order valence-electron chi connectivity index (χ1n) is 45.1. The summed E-state index contributed by atoms with van der Waals surface area (Å²) >= 11 is 0. The average molecular weight is 1550 g/mol. The van der Waals surface area contributed by atoms with E-state index in [1.807, 2.05) is 0 Å². The van der Waals surface area contributed by atoms with Gasteiger partial charge in [0.2, 0.25) is 0 Å². The van der Waals surface area contributed by atoms with E-state index in [0.717, 1.165) is 96.3 Å². The molecule has 0 fully saturated rings. The molecule has 0 aliphatic rings. The SMILES string of the molecule is CCCCCCCCCCCCCCCCCCCCCCCC(=O)O[C@H](COC(=O)CCCCCCCCCCCCCCCCCCCCCC)COP(=O)(O)OC[C@@H](O)COP(=O)(O)OC[C@@H](COC(=O)CCCCCCCCCC(C)C)OC(=O)CCCCCCCCCCCCCCCCC. The first-order chi connectivity index (χ1) is 51.5. The van der Waals surface area contributed by atoms with E-state index in [1.54, 1.807) is 0 Å². The number of aliphatic hydroxyl groups is 1. The van der Waals surface area contributed by atoms with E-state index in [0.29, 0.717) is 31.6 Å². The van der Waals surface area contributed by atoms with Gasteiger partial charge in [-0.2, -0.15) is 0 Å². The first-order valence-corrected chi connectivity index (χ1v) is 48.1. The predicted molar refractivity (Wildman–Crippen MR) is 437 cm³/mol. The van der Waals surface area contributed by atoms with E-state index in [1.165, 1.54) is 289 Å². The fraction of sp³-hybridized carbons (Fsp3) is 0.954. The van der Waals surface area contributed by atoms with Crippen molar-refractivity contribution in [3.05, 3.63) is 0 Å². The maximum atomic E-state index is 13.2. The molecule has 3 N–H and O–H groups in total. The molecular weight excluding hydrogens is 1380 g/mol. The van der Waals surface area contributed by atoms with Crippen LogP contribution >= 0.6 is 15.6 Å². The van der Waals surface area contributed by atoms with Crippen molar-refractivity contribution in [2.45, 2.75) is 490 Å². The van der Waals surface area contributed by atoms with Gasteiger partial charge in [-0.1, -0.05) is 420 Å². The van der Waals surface area contributed by atoms with Crippen LogP contribution in [0.2, 0.25) is 0 Å². The van der Waals surface area contributed by atoms with Gasteiger partial charge in [-0.25, -0.2) is 9.13 Å². The maximum Gasteiger partial charge on any atom is 0.472 e. The van der Waals surface area contributed by atoms with Gasteiger partial charge >= 0.3 is 39.5 Å². The van der Waals surface area contributed by atoms with Crippen molar-refractivity contribution in [2.24, 2.45) is 5.92 Å². The summed E-state index contributed by atoms with van der Waals surface area (Å²) in [6.07, 6.45) is 73.8. The van der Waals surface area contributed by atoms with Crippen LogP contribution in [0.5, 0.6) is 0 Å². The molecule has 0 amide bonds. The number of rotatable bonds is 87. The Morgan fingerprint density at radius 1 is 0.255 bits per heavy atom. The van der Waals surface area contributed by atoms with Crippen LogP contribution in [0.3, 0.4) is 0 Å². The standard InChI is InChI=1S/C87H170O17P2/c1-6-9-12-15-18-21-24-27-30-32-34-36-38-40-43-46-49-52-57-63-68-73-86(91)103-82(76-97-84(89)70-65-60-55-50-47-44-42-39-37-35-33-31-28-25-22-19-16-13-10-7-2)78-101-105(93,94)99-74-81(88)75-100-106(95,96)102-79-83(77-98-85(90)71-66-61-58-53-54-59-64-69-80(4)5)104-87(92)72-67-62-56-51-48-45-41-29-26-23-20-17-14-11-8-3/h80-83,88H,6-79H2,1-5H3,(H,93,94)(H,95,96)/t81-,82-,83-/m1/s1. The van der Waals surface area contributed by atoms with Crippen LogP contribution in [-0.4, -0.2) is 96.7 Å². The van der Waals surface area contributed by atoms with Crippen LogP contribution < -0.4 is 0 Å². The third-order valence-corrected chi connectivity index (χ3v) is 22.4. The van der Waals surface area contributed by atoms with Crippen LogP contribution in [0, 0.1) is 5.92 Å². The van der Waals surface area contributed by atoms with E-state index >= 15 is 0 Å². The van der Waals surface area contributed by atoms with E-state index < -0.39 is 97.5 Å². The molecule has 0 heterocycles. The van der Waals surface area contributed by atoms with Crippen LogP contribution in [0.15, 0.2) is 0 Å². The van der Waals surface area contributed by atoms with E-state index in [2.05, 4.69) is 34.6 Å². The topological polar surface area (TPSA) is 237 Å². The van der Waals surface area contributed by atoms with Crippen molar-refractivity contribution in [1.82, 2.24) is 0 Å². The molecular formula is C87H170O17P2. The van der Waals surface area contributed by atoms with Crippen molar-refractivity contribution < 1.29 is 80.2 Å². The van der Waals surface area contributed by atoms with Crippen molar-refractivity contribution in [1.29, 1.82) is 0 Å². The normalized spacial score (nSPS) is 13.7. The number of esters is 4. The lowest BCUT2D eigenvalue weighted by Crippen LogP contribution is -2.30. The second kappa shape index (κ2) is 79.7. The minimum Gasteiger partial charge on any atom is -0.462 e. The highest BCUT2D eigenvalue weighted by Crippen LogP contribution is 2.45. The zero-order valence-electron chi connectivity index (χ0n) is 69.6. The van der Waals surface area contributed by atoms with Crippen molar-refractivity contribution >= 4 is 39.5 Å². The number of aliphatic hydroxyl groups excluding tert-OH is 1. The molecule has 0 bridgehead atoms. The highest BCUT2D eigenvalue weighted by molar-refractivity contribution is 7.47. The Morgan fingerprint density at radius 3 is 0.642 bits per heavy atom. The number of hydrogen-bond acceptors (Lipinski definition) is 15. The summed E-state index contributed by atoms with van der Waals surface area (Å²) in [5.74, 6) is -1.40. The predicted octanol–water partition coefficient (Wildman–Crippen LogP) is 26.8. The molecule has 0 aromatic carbocycles. The average Bonchev–Trinajstić information content (AvgIpc) is 0.902. The van der Waals surface area contributed by atoms with E-state index in [9.17, 15) is 43.2 Å². The van der Waals surface area contributed by atoms with E-state index in [4.69, 9.17) is 37.0 Å². The summed E-state index contributed by atoms with van der Waals surface area (Å²) in [6, 6.07) is 0. The molecule has 0 rings (SSSR count). The summed E-state index contributed by atoms with van der Waals surface area (Å²) in [6.45, 7) is 7.31. The van der Waals surface area contributed by atoms with Crippen LogP contribution in [0.1, 0.15) is 471 Å². The lowest BCUT2D eigenvalue weighted by Gasteiger charge is -2.21. The molecule has 0 radical (unpaired) electrons. The quantitative estimate of drug-likeness (QED) is 0.0222. The summed E-state index contributed by atoms with van der Waals surface area (Å²) in [5, 5.41) is 10.7. The third kappa shape index (κ3) is 80.1. The van der Waals surface area contributed by atoms with Crippen LogP contribution in [-0.2, 0) is 65.4 Å². The fourth-order valence-corrected chi connectivity index (χ4v) is 15.2. The molecule has 2 unspecified atom stereocenters. The number of phosphoric ester groups is 2. The molecule has 0 saturated carbocycles. The molecule has 17 nitrogen and oxygen atoms in total. The number of phosphoric acid groups is 2. The van der Waals surface area contributed by atoms with E-state index in [-0.39, 0.29) is 25.7 Å². The summed E-state index contributed by atoms with van der Waals surface area (Å²) in [4.78, 5) is 73.2. The first kappa shape index (κ1) is 104. The van der Waals surface area contributed by atoms with Gasteiger partial charge in [0, 0.05) is 25.7 Å². The molecule has 106 heavy (non-hydrogen) atoms. The van der Waals surface area contributed by atoms with Crippen molar-refractivity contribution in [2.75, 3.05) is 39.6 Å². The minimum absolute atomic E-state index is 0.108. The third-order valence-electron chi connectivity index (χ3n) is 20.5. The second-order valence-corrected chi connectivity index (χ2v) is 34.7. The lowest BCUT2D eigenvalue weighted by molar-refractivity contribution is -0.161. The highest BCUT2D eigenvalue weighted by atomic mass is 31.2. The molecule has 0 aromatic rings. The molecule has 5 atom stereocenters. The van der Waals surface area contributed by atoms with Gasteiger partial charge in [-0.05, 0) is 31.6 Å². The zero-order valence-corrected chi connectivity index (χ0v) is 71.4. The summed E-state index contributed by atoms with van der Waals surface area (Å²) in [5.41, 5.74) is 0. The molecule has 0 aliphatic carbocycles. The Balaban J connectivity index is 5.21. The van der Waals surface area contributed by atoms with Gasteiger partial charge in [0.25, 0.3) is 0 Å². The van der Waals surface area contributed by atoms with Crippen molar-refractivity contribution in [3.63, 3.8) is 0 Å². The van der Waals surface area contributed by atoms with Crippen LogP contribution in [0.25, 0.3) is 0 Å². The Hall–Kier alpha value is -1.94. The molecule has 0 spiro atoms. The van der Waals surface area contributed by atoms with Gasteiger partial charge < -0.3 is 33.8 Å². The number of ether oxygens (including phenoxy) is 4. The Bertz CT molecular complexity index is 2010. The number of carbonyl (C=O) groups is 4. The number of hydrogen-bond donors (Lipinski definition) is 3. The smallest absolute Gasteiger partial charge is 0.462 e. The molecule has 0 aromatic heterocycles. The van der Waals surface area contributed by atoms with Gasteiger partial charge in [0.1, 0.15) is 19.3 Å². The molecule has 0 aliphatic heterocycles. The molecule has 0 saturated heterocycles. The van der Waals surface area contributed by atoms with Gasteiger partial charge in [-0.15, -0.1) is 0 Å². The fourth-order valence-electron chi connectivity index (χ4n) is 13.6. The Kier molecular flexibility index (Phi) is 78.2. The number of unbranched alkanes of at least 4 members (excludes halogenated alkanes) is 59. The summed E-state index contributed by atoms with van der Waals surface area (Å²) in [7, 11) is -9.93.